The number of benzene rings is 2. The molecule has 0 fully saturated rings. The molecule has 130 valence electrons. The molecule has 0 spiro atoms. The molecule has 0 aliphatic heterocycles. The summed E-state index contributed by atoms with van der Waals surface area (Å²) in [5.41, 5.74) is 1.59. The molecule has 0 saturated carbocycles. The Morgan fingerprint density at radius 1 is 1.00 bits per heavy atom. The summed E-state index contributed by atoms with van der Waals surface area (Å²) >= 11 is 5.88. The second kappa shape index (κ2) is 6.97. The van der Waals surface area contributed by atoms with Crippen molar-refractivity contribution in [3.8, 4) is 28.6 Å². The largest absolute Gasteiger partial charge is 0.497 e. The number of rotatable bonds is 5. The highest BCUT2D eigenvalue weighted by molar-refractivity contribution is 6.30. The van der Waals surface area contributed by atoms with E-state index in [9.17, 15) is 0 Å². The summed E-state index contributed by atoms with van der Waals surface area (Å²) in [7, 11) is 1.60. The molecule has 0 radical (unpaired) electrons. The van der Waals surface area contributed by atoms with Crippen LogP contribution in [0.15, 0.2) is 57.5 Å². The number of nitrogens with zero attached hydrogens (tertiary/aromatic N) is 4. The van der Waals surface area contributed by atoms with Crippen molar-refractivity contribution in [2.45, 2.75) is 6.42 Å². The number of ether oxygens (including phenoxy) is 1. The minimum absolute atomic E-state index is 0.248. The minimum atomic E-state index is 0.248. The Bertz CT molecular complexity index is 1030. The monoisotopic (exact) mass is 368 g/mol. The molecule has 0 N–H and O–H groups in total. The summed E-state index contributed by atoms with van der Waals surface area (Å²) in [4.78, 5) is 4.35. The van der Waals surface area contributed by atoms with E-state index in [0.29, 0.717) is 34.3 Å². The number of hydrogen-bond acceptors (Lipinski definition) is 7. The highest BCUT2D eigenvalue weighted by Crippen LogP contribution is 2.24. The van der Waals surface area contributed by atoms with Crippen LogP contribution in [-0.2, 0) is 6.42 Å². The third kappa shape index (κ3) is 3.43. The summed E-state index contributed by atoms with van der Waals surface area (Å²) < 4.78 is 16.1. The van der Waals surface area contributed by atoms with Gasteiger partial charge in [-0.3, -0.25) is 0 Å². The Morgan fingerprint density at radius 2 is 1.85 bits per heavy atom. The van der Waals surface area contributed by atoms with Crippen LogP contribution in [0.5, 0.6) is 5.75 Å². The van der Waals surface area contributed by atoms with Crippen molar-refractivity contribution in [1.82, 2.24) is 20.3 Å². The fraction of sp³-hybridized carbons (Fsp3) is 0.111. The summed E-state index contributed by atoms with van der Waals surface area (Å²) in [5.74, 6) is 2.36. The van der Waals surface area contributed by atoms with Crippen LogP contribution in [0.4, 0.5) is 0 Å². The molecule has 0 bridgehead atoms. The fourth-order valence-corrected chi connectivity index (χ4v) is 2.50. The Labute approximate surface area is 153 Å². The normalized spacial score (nSPS) is 10.8. The van der Waals surface area contributed by atoms with Gasteiger partial charge < -0.3 is 13.7 Å². The Kier molecular flexibility index (Phi) is 4.37. The maximum atomic E-state index is 5.88. The van der Waals surface area contributed by atoms with Crippen LogP contribution >= 0.6 is 11.6 Å². The molecule has 0 atom stereocenters. The van der Waals surface area contributed by atoms with Crippen molar-refractivity contribution in [2.75, 3.05) is 7.11 Å². The molecule has 8 heteroatoms. The molecule has 7 nitrogen and oxygen atoms in total. The molecule has 0 saturated heterocycles. The third-order valence-corrected chi connectivity index (χ3v) is 3.91. The first-order chi connectivity index (χ1) is 12.7. The maximum absolute atomic E-state index is 5.88. The van der Waals surface area contributed by atoms with E-state index >= 15 is 0 Å². The van der Waals surface area contributed by atoms with Crippen molar-refractivity contribution in [2.24, 2.45) is 0 Å². The van der Waals surface area contributed by atoms with E-state index in [1.807, 2.05) is 36.4 Å². The first kappa shape index (κ1) is 16.3. The molecule has 0 aliphatic rings. The first-order valence-corrected chi connectivity index (χ1v) is 8.14. The van der Waals surface area contributed by atoms with Crippen molar-refractivity contribution in [3.63, 3.8) is 0 Å². The molecule has 0 unspecified atom stereocenters. The van der Waals surface area contributed by atoms with Crippen molar-refractivity contribution < 1.29 is 13.7 Å². The smallest absolute Gasteiger partial charge is 0.247 e. The number of aromatic nitrogens is 4. The predicted octanol–water partition coefficient (Wildman–Crippen LogP) is 4.04. The van der Waals surface area contributed by atoms with E-state index in [4.69, 9.17) is 25.3 Å². The van der Waals surface area contributed by atoms with E-state index < -0.39 is 0 Å². The van der Waals surface area contributed by atoms with Crippen LogP contribution in [0.2, 0.25) is 5.02 Å². The Morgan fingerprint density at radius 3 is 2.65 bits per heavy atom. The van der Waals surface area contributed by atoms with Crippen LogP contribution in [0.3, 0.4) is 0 Å². The predicted molar refractivity (Wildman–Crippen MR) is 93.8 cm³/mol. The van der Waals surface area contributed by atoms with Crippen LogP contribution < -0.4 is 4.74 Å². The highest BCUT2D eigenvalue weighted by atomic mass is 35.5. The van der Waals surface area contributed by atoms with Gasteiger partial charge in [-0.2, -0.15) is 4.98 Å². The quantitative estimate of drug-likeness (QED) is 0.525. The number of halogens is 1. The highest BCUT2D eigenvalue weighted by Gasteiger charge is 2.14. The van der Waals surface area contributed by atoms with Gasteiger partial charge in [0.25, 0.3) is 0 Å². The third-order valence-electron chi connectivity index (χ3n) is 3.66. The van der Waals surface area contributed by atoms with Gasteiger partial charge in [-0.25, -0.2) is 0 Å². The van der Waals surface area contributed by atoms with Gasteiger partial charge in [-0.15, -0.1) is 10.2 Å². The molecule has 26 heavy (non-hydrogen) atoms. The van der Waals surface area contributed by atoms with E-state index in [0.717, 1.165) is 11.1 Å². The molecular weight excluding hydrogens is 356 g/mol. The van der Waals surface area contributed by atoms with Crippen LogP contribution in [0.25, 0.3) is 22.8 Å². The van der Waals surface area contributed by atoms with Gasteiger partial charge in [0.05, 0.1) is 7.11 Å². The van der Waals surface area contributed by atoms with Crippen molar-refractivity contribution in [1.29, 1.82) is 0 Å². The SMILES string of the molecule is COc1cccc(-c2nnc(Cc3nc(-c4ccc(Cl)cc4)no3)o2)c1. The summed E-state index contributed by atoms with van der Waals surface area (Å²) in [6, 6.07) is 14.6. The van der Waals surface area contributed by atoms with Gasteiger partial charge in [-0.05, 0) is 42.5 Å². The zero-order valence-corrected chi connectivity index (χ0v) is 14.5. The summed E-state index contributed by atoms with van der Waals surface area (Å²) in [5, 5.41) is 12.7. The lowest BCUT2D eigenvalue weighted by Gasteiger charge is -1.99. The Hall–Kier alpha value is -3.19. The lowest BCUT2D eigenvalue weighted by Crippen LogP contribution is -1.88. The molecule has 0 amide bonds. The van der Waals surface area contributed by atoms with Gasteiger partial charge in [-0.1, -0.05) is 22.8 Å². The van der Waals surface area contributed by atoms with Gasteiger partial charge in [0.1, 0.15) is 12.2 Å². The van der Waals surface area contributed by atoms with E-state index in [2.05, 4.69) is 20.3 Å². The lowest BCUT2D eigenvalue weighted by atomic mass is 10.2. The first-order valence-electron chi connectivity index (χ1n) is 7.76. The van der Waals surface area contributed by atoms with Gasteiger partial charge >= 0.3 is 0 Å². The number of methoxy groups -OCH3 is 1. The average Bonchev–Trinajstić information content (AvgIpc) is 3.33. The van der Waals surface area contributed by atoms with Crippen LogP contribution in [0.1, 0.15) is 11.8 Å². The van der Waals surface area contributed by atoms with Crippen LogP contribution in [0, 0.1) is 0 Å². The zero-order valence-electron chi connectivity index (χ0n) is 13.7. The second-order valence-electron chi connectivity index (χ2n) is 5.43. The van der Waals surface area contributed by atoms with E-state index in [1.165, 1.54) is 0 Å². The molecule has 4 aromatic rings. The Balaban J connectivity index is 1.52. The van der Waals surface area contributed by atoms with E-state index in [-0.39, 0.29) is 6.42 Å². The van der Waals surface area contributed by atoms with Gasteiger partial charge in [0, 0.05) is 16.1 Å². The summed E-state index contributed by atoms with van der Waals surface area (Å²) in [6.45, 7) is 0. The standard InChI is InChI=1S/C18H13ClN4O3/c1-24-14-4-2-3-12(9-14)18-22-21-16(25-18)10-15-20-17(23-26-15)11-5-7-13(19)8-6-11/h2-9H,10H2,1H3. The molecule has 2 aromatic heterocycles. The molecule has 0 aliphatic carbocycles. The van der Waals surface area contributed by atoms with Crippen LogP contribution in [-0.4, -0.2) is 27.4 Å². The zero-order chi connectivity index (χ0) is 17.9. The van der Waals surface area contributed by atoms with Crippen molar-refractivity contribution >= 4 is 11.6 Å². The van der Waals surface area contributed by atoms with E-state index in [1.54, 1.807) is 19.2 Å². The summed E-state index contributed by atoms with van der Waals surface area (Å²) in [6.07, 6.45) is 0.248. The maximum Gasteiger partial charge on any atom is 0.247 e. The molecule has 4 rings (SSSR count). The van der Waals surface area contributed by atoms with Gasteiger partial charge in [0.2, 0.25) is 23.5 Å². The number of hydrogen-bond donors (Lipinski definition) is 0. The van der Waals surface area contributed by atoms with Crippen molar-refractivity contribution in [3.05, 3.63) is 65.3 Å². The average molecular weight is 369 g/mol. The fourth-order valence-electron chi connectivity index (χ4n) is 2.37. The lowest BCUT2D eigenvalue weighted by molar-refractivity contribution is 0.374. The molecule has 2 heterocycles. The molecule has 2 aromatic carbocycles. The topological polar surface area (TPSA) is 87.1 Å². The molecular formula is C18H13ClN4O3. The minimum Gasteiger partial charge on any atom is -0.497 e. The second-order valence-corrected chi connectivity index (χ2v) is 5.86. The van der Waals surface area contributed by atoms with Gasteiger partial charge in [0.15, 0.2) is 0 Å².